The molecule has 2 N–H and O–H groups in total. The number of hydrogen-bond acceptors (Lipinski definition) is 2. The van der Waals surface area contributed by atoms with E-state index in [2.05, 4.69) is 15.5 Å². The lowest BCUT2D eigenvalue weighted by Gasteiger charge is -2.12. The van der Waals surface area contributed by atoms with E-state index in [1.807, 2.05) is 6.08 Å². The Hall–Kier alpha value is -1.46. The SMILES string of the molecule is Fc1cc(F)c2c(C3=CCCNC3)n[nH]c2c1Cl. The lowest BCUT2D eigenvalue weighted by molar-refractivity contribution is 0.592. The van der Waals surface area contributed by atoms with Gasteiger partial charge in [-0.25, -0.2) is 8.78 Å². The molecule has 0 fully saturated rings. The van der Waals surface area contributed by atoms with Gasteiger partial charge in [0, 0.05) is 12.6 Å². The summed E-state index contributed by atoms with van der Waals surface area (Å²) in [7, 11) is 0. The fourth-order valence-electron chi connectivity index (χ4n) is 2.16. The average molecular weight is 270 g/mol. The third-order valence-electron chi connectivity index (χ3n) is 3.02. The van der Waals surface area contributed by atoms with Crippen LogP contribution in [0.4, 0.5) is 8.78 Å². The third kappa shape index (κ3) is 1.71. The zero-order valence-corrected chi connectivity index (χ0v) is 10.1. The van der Waals surface area contributed by atoms with Crippen molar-refractivity contribution in [1.82, 2.24) is 15.5 Å². The Balaban J connectivity index is 2.26. The van der Waals surface area contributed by atoms with Gasteiger partial charge >= 0.3 is 0 Å². The number of H-pyrrole nitrogens is 1. The molecule has 0 radical (unpaired) electrons. The molecule has 0 atom stereocenters. The lowest BCUT2D eigenvalue weighted by Crippen LogP contribution is -2.21. The Bertz CT molecular complexity index is 648. The highest BCUT2D eigenvalue weighted by Gasteiger charge is 2.20. The van der Waals surface area contributed by atoms with Crippen LogP contribution < -0.4 is 5.32 Å². The smallest absolute Gasteiger partial charge is 0.146 e. The molecule has 0 saturated heterocycles. The summed E-state index contributed by atoms with van der Waals surface area (Å²) in [5.74, 6) is -1.44. The van der Waals surface area contributed by atoms with Crippen molar-refractivity contribution in [2.24, 2.45) is 0 Å². The fourth-order valence-corrected chi connectivity index (χ4v) is 2.35. The van der Waals surface area contributed by atoms with Gasteiger partial charge in [0.15, 0.2) is 0 Å². The van der Waals surface area contributed by atoms with Gasteiger partial charge in [0.1, 0.15) is 16.7 Å². The molecule has 1 aliphatic heterocycles. The van der Waals surface area contributed by atoms with Gasteiger partial charge in [-0.1, -0.05) is 17.7 Å². The first-order valence-electron chi connectivity index (χ1n) is 5.60. The van der Waals surface area contributed by atoms with Crippen LogP contribution in [0.25, 0.3) is 16.5 Å². The number of aromatic amines is 1. The summed E-state index contributed by atoms with van der Waals surface area (Å²) in [6.45, 7) is 1.51. The molecular weight excluding hydrogens is 260 g/mol. The molecule has 1 aromatic carbocycles. The predicted octanol–water partition coefficient (Wildman–Crippen LogP) is 2.87. The largest absolute Gasteiger partial charge is 0.312 e. The van der Waals surface area contributed by atoms with Crippen molar-refractivity contribution in [2.45, 2.75) is 6.42 Å². The number of hydrogen-bond donors (Lipinski definition) is 2. The van der Waals surface area contributed by atoms with Crippen molar-refractivity contribution in [1.29, 1.82) is 0 Å². The molecule has 2 heterocycles. The minimum atomic E-state index is -0.785. The highest BCUT2D eigenvalue weighted by molar-refractivity contribution is 6.35. The minimum Gasteiger partial charge on any atom is -0.312 e. The van der Waals surface area contributed by atoms with Crippen molar-refractivity contribution in [3.05, 3.63) is 34.5 Å². The van der Waals surface area contributed by atoms with E-state index in [-0.39, 0.29) is 15.9 Å². The van der Waals surface area contributed by atoms with Gasteiger partial charge < -0.3 is 5.32 Å². The summed E-state index contributed by atoms with van der Waals surface area (Å²) in [6, 6.07) is 0.792. The van der Waals surface area contributed by atoms with E-state index in [1.165, 1.54) is 0 Å². The van der Waals surface area contributed by atoms with E-state index in [0.29, 0.717) is 12.2 Å². The highest BCUT2D eigenvalue weighted by atomic mass is 35.5. The van der Waals surface area contributed by atoms with Crippen LogP contribution in [0.2, 0.25) is 5.02 Å². The fraction of sp³-hybridized carbons (Fsp3) is 0.250. The molecule has 1 aromatic heterocycles. The predicted molar refractivity (Wildman–Crippen MR) is 66.5 cm³/mol. The molecule has 0 spiro atoms. The van der Waals surface area contributed by atoms with Crippen LogP contribution in [0, 0.1) is 11.6 Å². The van der Waals surface area contributed by atoms with E-state index in [1.54, 1.807) is 0 Å². The second-order valence-corrected chi connectivity index (χ2v) is 4.55. The number of benzene rings is 1. The summed E-state index contributed by atoms with van der Waals surface area (Å²) in [5.41, 5.74) is 1.60. The number of nitrogens with zero attached hydrogens (tertiary/aromatic N) is 1. The molecule has 0 aliphatic carbocycles. The molecule has 0 bridgehead atoms. The van der Waals surface area contributed by atoms with E-state index >= 15 is 0 Å². The van der Waals surface area contributed by atoms with Crippen LogP contribution in [0.1, 0.15) is 12.1 Å². The number of nitrogens with one attached hydrogen (secondary N) is 2. The summed E-state index contributed by atoms with van der Waals surface area (Å²) in [5, 5.41) is 9.96. The van der Waals surface area contributed by atoms with E-state index in [4.69, 9.17) is 11.6 Å². The first-order chi connectivity index (χ1) is 8.68. The van der Waals surface area contributed by atoms with E-state index in [9.17, 15) is 8.78 Å². The van der Waals surface area contributed by atoms with Crippen molar-refractivity contribution < 1.29 is 8.78 Å². The quantitative estimate of drug-likeness (QED) is 0.782. The molecule has 3 nitrogen and oxygen atoms in total. The zero-order valence-electron chi connectivity index (χ0n) is 9.36. The lowest BCUT2D eigenvalue weighted by atomic mass is 10.0. The summed E-state index contributed by atoms with van der Waals surface area (Å²) < 4.78 is 27.2. The Morgan fingerprint density at radius 3 is 2.83 bits per heavy atom. The third-order valence-corrected chi connectivity index (χ3v) is 3.39. The van der Waals surface area contributed by atoms with Crippen LogP contribution in [-0.2, 0) is 0 Å². The number of halogens is 3. The summed E-state index contributed by atoms with van der Waals surface area (Å²) in [4.78, 5) is 0. The average Bonchev–Trinajstić information content (AvgIpc) is 2.82. The molecule has 3 rings (SSSR count). The number of rotatable bonds is 1. The minimum absolute atomic E-state index is 0.130. The van der Waals surface area contributed by atoms with Gasteiger partial charge in [-0.3, -0.25) is 5.10 Å². The molecule has 2 aromatic rings. The van der Waals surface area contributed by atoms with Crippen molar-refractivity contribution in [3.8, 4) is 0 Å². The summed E-state index contributed by atoms with van der Waals surface area (Å²) >= 11 is 5.80. The molecule has 0 amide bonds. The Morgan fingerprint density at radius 2 is 2.11 bits per heavy atom. The Morgan fingerprint density at radius 1 is 1.28 bits per heavy atom. The molecule has 1 aliphatic rings. The standard InChI is InChI=1S/C12H10ClF2N3/c13-10-8(15)4-7(14)9-11(17-18-12(9)10)6-2-1-3-16-5-6/h2,4,16H,1,3,5H2,(H,17,18). The van der Waals surface area contributed by atoms with Gasteiger partial charge in [0.25, 0.3) is 0 Å². The maximum absolute atomic E-state index is 13.9. The molecule has 94 valence electrons. The van der Waals surface area contributed by atoms with Crippen molar-refractivity contribution in [3.63, 3.8) is 0 Å². The van der Waals surface area contributed by atoms with Crippen LogP contribution in [0.3, 0.4) is 0 Å². The zero-order chi connectivity index (χ0) is 12.7. The van der Waals surface area contributed by atoms with Crippen molar-refractivity contribution >= 4 is 28.1 Å². The van der Waals surface area contributed by atoms with E-state index in [0.717, 1.165) is 24.6 Å². The second kappa shape index (κ2) is 4.33. The van der Waals surface area contributed by atoms with Gasteiger partial charge in [-0.2, -0.15) is 5.10 Å². The van der Waals surface area contributed by atoms with Crippen LogP contribution in [0.15, 0.2) is 12.1 Å². The number of aromatic nitrogens is 2. The maximum Gasteiger partial charge on any atom is 0.146 e. The van der Waals surface area contributed by atoms with Crippen LogP contribution in [0.5, 0.6) is 0 Å². The van der Waals surface area contributed by atoms with Crippen LogP contribution >= 0.6 is 11.6 Å². The Labute approximate surface area is 107 Å². The van der Waals surface area contributed by atoms with Gasteiger partial charge in [0.2, 0.25) is 0 Å². The second-order valence-electron chi connectivity index (χ2n) is 4.17. The van der Waals surface area contributed by atoms with Gasteiger partial charge in [-0.15, -0.1) is 0 Å². The molecule has 0 saturated carbocycles. The maximum atomic E-state index is 13.9. The molecule has 6 heteroatoms. The van der Waals surface area contributed by atoms with E-state index < -0.39 is 11.6 Å². The first-order valence-corrected chi connectivity index (χ1v) is 5.98. The number of fused-ring (bicyclic) bond motifs is 1. The first kappa shape index (κ1) is 11.6. The van der Waals surface area contributed by atoms with Gasteiger partial charge in [-0.05, 0) is 18.5 Å². The normalized spacial score (nSPS) is 16.1. The van der Waals surface area contributed by atoms with Crippen LogP contribution in [-0.4, -0.2) is 23.3 Å². The monoisotopic (exact) mass is 269 g/mol. The Kier molecular flexibility index (Phi) is 2.80. The highest BCUT2D eigenvalue weighted by Crippen LogP contribution is 2.32. The molecule has 18 heavy (non-hydrogen) atoms. The topological polar surface area (TPSA) is 40.7 Å². The molecular formula is C12H10ClF2N3. The van der Waals surface area contributed by atoms with Crippen molar-refractivity contribution in [2.75, 3.05) is 13.1 Å². The van der Waals surface area contributed by atoms with Gasteiger partial charge in [0.05, 0.1) is 16.6 Å². The summed E-state index contributed by atoms with van der Waals surface area (Å²) in [6.07, 6.45) is 2.86. The molecule has 0 unspecified atom stereocenters.